The lowest BCUT2D eigenvalue weighted by molar-refractivity contribution is 0.0670. The zero-order valence-electron chi connectivity index (χ0n) is 21.1. The number of imidazole rings is 1. The SMILES string of the molecule is Cc1cc(C#N)cc2c1nc(Cc1c(Cl)ccc(C(=O)N3CCC(CC(C)(C)C)CC3)c1Cl)n2C. The van der Waals surface area contributed by atoms with Crippen molar-refractivity contribution < 1.29 is 4.79 Å². The molecule has 1 saturated heterocycles. The number of aryl methyl sites for hydroxylation is 2. The molecule has 0 unspecified atom stereocenters. The van der Waals surface area contributed by atoms with E-state index in [0.717, 1.165) is 48.4 Å². The molecule has 0 atom stereocenters. The minimum Gasteiger partial charge on any atom is -0.339 e. The lowest BCUT2D eigenvalue weighted by Crippen LogP contribution is -2.39. The summed E-state index contributed by atoms with van der Waals surface area (Å²) in [4.78, 5) is 20.1. The Labute approximate surface area is 217 Å². The van der Waals surface area contributed by atoms with E-state index in [-0.39, 0.29) is 5.91 Å². The van der Waals surface area contributed by atoms with Gasteiger partial charge in [-0.25, -0.2) is 4.98 Å². The minimum atomic E-state index is -0.0402. The first kappa shape index (κ1) is 25.5. The molecule has 0 bridgehead atoms. The van der Waals surface area contributed by atoms with Crippen LogP contribution in [0, 0.1) is 29.6 Å². The number of fused-ring (bicyclic) bond motifs is 1. The van der Waals surface area contributed by atoms with Gasteiger partial charge in [-0.2, -0.15) is 5.26 Å². The number of hydrogen-bond donors (Lipinski definition) is 0. The largest absolute Gasteiger partial charge is 0.339 e. The highest BCUT2D eigenvalue weighted by Gasteiger charge is 2.28. The first-order valence-corrected chi connectivity index (χ1v) is 12.9. The van der Waals surface area contributed by atoms with E-state index < -0.39 is 0 Å². The third kappa shape index (κ3) is 5.34. The van der Waals surface area contributed by atoms with E-state index in [1.165, 1.54) is 6.42 Å². The number of amides is 1. The van der Waals surface area contributed by atoms with Crippen LogP contribution in [0.3, 0.4) is 0 Å². The third-order valence-corrected chi connectivity index (χ3v) is 7.74. The summed E-state index contributed by atoms with van der Waals surface area (Å²) in [6.45, 7) is 10.3. The van der Waals surface area contributed by atoms with Gasteiger partial charge in [0, 0.05) is 31.6 Å². The van der Waals surface area contributed by atoms with E-state index in [2.05, 4.69) is 26.8 Å². The van der Waals surface area contributed by atoms with E-state index in [1.54, 1.807) is 12.1 Å². The molecule has 7 heteroatoms. The molecule has 2 aromatic carbocycles. The van der Waals surface area contributed by atoms with Gasteiger partial charge in [-0.05, 0) is 72.9 Å². The number of likely N-dealkylation sites (tertiary alicyclic amines) is 1. The van der Waals surface area contributed by atoms with Gasteiger partial charge in [0.05, 0.1) is 33.3 Å². The summed E-state index contributed by atoms with van der Waals surface area (Å²) in [7, 11) is 1.92. The molecule has 0 aliphatic carbocycles. The van der Waals surface area contributed by atoms with Gasteiger partial charge in [-0.1, -0.05) is 44.0 Å². The first-order chi connectivity index (χ1) is 16.5. The van der Waals surface area contributed by atoms with Crippen LogP contribution in [0.15, 0.2) is 24.3 Å². The van der Waals surface area contributed by atoms with Crippen molar-refractivity contribution in [1.29, 1.82) is 5.26 Å². The summed E-state index contributed by atoms with van der Waals surface area (Å²) in [6.07, 6.45) is 3.60. The maximum atomic E-state index is 13.4. The fourth-order valence-corrected chi connectivity index (χ4v) is 5.77. The van der Waals surface area contributed by atoms with Crippen LogP contribution in [-0.2, 0) is 13.5 Å². The highest BCUT2D eigenvalue weighted by molar-refractivity contribution is 6.38. The summed E-state index contributed by atoms with van der Waals surface area (Å²) < 4.78 is 1.96. The van der Waals surface area contributed by atoms with Crippen molar-refractivity contribution in [2.24, 2.45) is 18.4 Å². The fourth-order valence-electron chi connectivity index (χ4n) is 5.19. The number of nitriles is 1. The number of rotatable bonds is 4. The molecule has 1 amide bonds. The quantitative estimate of drug-likeness (QED) is 0.381. The number of aromatic nitrogens is 2. The predicted molar refractivity (Wildman–Crippen MR) is 142 cm³/mol. The molecule has 1 aliphatic heterocycles. The molecular formula is C28H32Cl2N4O. The molecule has 4 rings (SSSR count). The van der Waals surface area contributed by atoms with Crippen molar-refractivity contribution in [3.05, 3.63) is 62.4 Å². The number of halogens is 2. The van der Waals surface area contributed by atoms with Crippen LogP contribution in [0.4, 0.5) is 0 Å². The second kappa shape index (κ2) is 9.84. The Morgan fingerprint density at radius 1 is 1.20 bits per heavy atom. The van der Waals surface area contributed by atoms with Crippen LogP contribution in [-0.4, -0.2) is 33.4 Å². The van der Waals surface area contributed by atoms with Crippen LogP contribution in [0.25, 0.3) is 11.0 Å². The number of carbonyl (C=O) groups excluding carboxylic acids is 1. The molecule has 1 aliphatic rings. The average molecular weight is 511 g/mol. The normalized spacial score (nSPS) is 15.0. The Bertz CT molecular complexity index is 1320. The van der Waals surface area contributed by atoms with Gasteiger partial charge in [0.15, 0.2) is 0 Å². The van der Waals surface area contributed by atoms with Crippen LogP contribution in [0.5, 0.6) is 0 Å². The molecule has 1 aromatic heterocycles. The highest BCUT2D eigenvalue weighted by atomic mass is 35.5. The van der Waals surface area contributed by atoms with Crippen molar-refractivity contribution >= 4 is 40.1 Å². The Hall–Kier alpha value is -2.55. The molecule has 5 nitrogen and oxygen atoms in total. The topological polar surface area (TPSA) is 61.9 Å². The van der Waals surface area contributed by atoms with Gasteiger partial charge >= 0.3 is 0 Å². The second-order valence-corrected chi connectivity index (χ2v) is 11.7. The van der Waals surface area contributed by atoms with Crippen LogP contribution in [0.2, 0.25) is 10.0 Å². The summed E-state index contributed by atoms with van der Waals surface area (Å²) in [5.74, 6) is 1.38. The Morgan fingerprint density at radius 3 is 2.51 bits per heavy atom. The van der Waals surface area contributed by atoms with Gasteiger partial charge in [-0.15, -0.1) is 0 Å². The van der Waals surface area contributed by atoms with Crippen molar-refractivity contribution in [1.82, 2.24) is 14.5 Å². The molecule has 0 spiro atoms. The first-order valence-electron chi connectivity index (χ1n) is 12.1. The molecule has 184 valence electrons. The number of benzene rings is 2. The van der Waals surface area contributed by atoms with E-state index in [9.17, 15) is 10.1 Å². The molecule has 3 aromatic rings. The Kier molecular flexibility index (Phi) is 7.18. The number of piperidine rings is 1. The standard InChI is InChI=1S/C28H32Cl2N4O/c1-17-12-19(16-31)13-23-26(17)32-24(33(23)5)14-21-22(29)7-6-20(25(21)30)27(35)34-10-8-18(9-11-34)15-28(2,3)4/h6-7,12-13,18H,8-11,14-15H2,1-5H3. The molecule has 2 heterocycles. The van der Waals surface area contributed by atoms with E-state index in [1.807, 2.05) is 35.6 Å². The van der Waals surface area contributed by atoms with Gasteiger partial charge in [0.1, 0.15) is 5.82 Å². The highest BCUT2D eigenvalue weighted by Crippen LogP contribution is 2.34. The van der Waals surface area contributed by atoms with Gasteiger partial charge in [0.25, 0.3) is 5.91 Å². The predicted octanol–water partition coefficient (Wildman–Crippen LogP) is 6.94. The van der Waals surface area contributed by atoms with Crippen LogP contribution < -0.4 is 0 Å². The van der Waals surface area contributed by atoms with Crippen molar-refractivity contribution in [3.63, 3.8) is 0 Å². The minimum absolute atomic E-state index is 0.0402. The average Bonchev–Trinajstić information content (AvgIpc) is 3.11. The number of carbonyl (C=O) groups is 1. The third-order valence-electron chi connectivity index (χ3n) is 6.95. The molecule has 0 saturated carbocycles. The van der Waals surface area contributed by atoms with Crippen LogP contribution in [0.1, 0.15) is 72.9 Å². The van der Waals surface area contributed by atoms with E-state index in [0.29, 0.717) is 44.5 Å². The zero-order valence-corrected chi connectivity index (χ0v) is 22.6. The molecular weight excluding hydrogens is 479 g/mol. The maximum absolute atomic E-state index is 13.4. The lowest BCUT2D eigenvalue weighted by atomic mass is 9.80. The van der Waals surface area contributed by atoms with Gasteiger partial charge in [-0.3, -0.25) is 4.79 Å². The number of nitrogens with zero attached hydrogens (tertiary/aromatic N) is 4. The fraction of sp³-hybridized carbons (Fsp3) is 0.464. The molecule has 1 fully saturated rings. The van der Waals surface area contributed by atoms with E-state index in [4.69, 9.17) is 28.2 Å². The monoisotopic (exact) mass is 510 g/mol. The lowest BCUT2D eigenvalue weighted by Gasteiger charge is -2.35. The number of hydrogen-bond acceptors (Lipinski definition) is 3. The van der Waals surface area contributed by atoms with Gasteiger partial charge in [0.2, 0.25) is 0 Å². The summed E-state index contributed by atoms with van der Waals surface area (Å²) in [6, 6.07) is 9.36. The Morgan fingerprint density at radius 2 is 1.89 bits per heavy atom. The smallest absolute Gasteiger partial charge is 0.255 e. The molecule has 35 heavy (non-hydrogen) atoms. The summed E-state index contributed by atoms with van der Waals surface area (Å²) in [5, 5.41) is 10.2. The molecule has 0 radical (unpaired) electrons. The second-order valence-electron chi connectivity index (χ2n) is 10.9. The maximum Gasteiger partial charge on any atom is 0.255 e. The van der Waals surface area contributed by atoms with Crippen molar-refractivity contribution in [2.75, 3.05) is 13.1 Å². The van der Waals surface area contributed by atoms with E-state index >= 15 is 0 Å². The van der Waals surface area contributed by atoms with Gasteiger partial charge < -0.3 is 9.47 Å². The van der Waals surface area contributed by atoms with Crippen molar-refractivity contribution in [2.45, 2.75) is 53.4 Å². The molecule has 0 N–H and O–H groups in total. The Balaban J connectivity index is 1.59. The summed E-state index contributed by atoms with van der Waals surface area (Å²) in [5.41, 5.74) is 4.75. The zero-order chi connectivity index (χ0) is 25.5. The summed E-state index contributed by atoms with van der Waals surface area (Å²) >= 11 is 13.4. The van der Waals surface area contributed by atoms with Crippen molar-refractivity contribution in [3.8, 4) is 6.07 Å². The van der Waals surface area contributed by atoms with Crippen LogP contribution >= 0.6 is 23.2 Å².